The zero-order chi connectivity index (χ0) is 59.8. The topological polar surface area (TPSA) is 155 Å². The maximum absolute atomic E-state index is 13.0. The number of hydrogen-bond donors (Lipinski definition) is 2. The van der Waals surface area contributed by atoms with Crippen LogP contribution in [0, 0.1) is 0 Å². The Labute approximate surface area is 498 Å². The van der Waals surface area contributed by atoms with Gasteiger partial charge in [0.2, 0.25) is 0 Å². The van der Waals surface area contributed by atoms with Crippen LogP contribution in [0.3, 0.4) is 0 Å². The summed E-state index contributed by atoms with van der Waals surface area (Å²) in [6, 6.07) is 0. The fourth-order valence-electron chi connectivity index (χ4n) is 7.80. The fraction of sp³-hybridized carbons (Fsp3) is 0.586. The summed E-state index contributed by atoms with van der Waals surface area (Å²) in [5, 5.41) is 9.86. The summed E-state index contributed by atoms with van der Waals surface area (Å²) in [5.74, 6) is -1.61. The number of phosphoric acid groups is 1. The van der Waals surface area contributed by atoms with Crippen LogP contribution in [0.2, 0.25) is 0 Å². The van der Waals surface area contributed by atoms with Crippen molar-refractivity contribution in [1.29, 1.82) is 0 Å². The number of phosphoric ester groups is 1. The van der Waals surface area contributed by atoms with E-state index in [1.165, 1.54) is 6.42 Å². The summed E-state index contributed by atoms with van der Waals surface area (Å²) in [6.45, 7) is 4.19. The molecule has 0 aromatic heterocycles. The highest BCUT2D eigenvalue weighted by Crippen LogP contribution is 2.43. The maximum atomic E-state index is 13.0. The normalized spacial score (nSPS) is 14.4. The van der Waals surface area contributed by atoms with Gasteiger partial charge in [0.1, 0.15) is 12.7 Å². The van der Waals surface area contributed by atoms with E-state index in [1.54, 1.807) is 0 Å². The average Bonchev–Trinajstić information content (AvgIpc) is 3.50. The van der Waals surface area contributed by atoms with Crippen LogP contribution in [0.15, 0.2) is 158 Å². The van der Waals surface area contributed by atoms with Crippen molar-refractivity contribution < 1.29 is 52.2 Å². The van der Waals surface area contributed by atoms with Crippen LogP contribution >= 0.6 is 7.82 Å². The molecule has 462 valence electrons. The van der Waals surface area contributed by atoms with Gasteiger partial charge in [-0.2, -0.15) is 0 Å². The van der Waals surface area contributed by atoms with E-state index in [2.05, 4.69) is 167 Å². The Kier molecular flexibility index (Phi) is 58.4. The van der Waals surface area contributed by atoms with Gasteiger partial charge in [0.25, 0.3) is 0 Å². The van der Waals surface area contributed by atoms with E-state index in [-0.39, 0.29) is 25.9 Å². The molecule has 0 aliphatic rings. The summed E-state index contributed by atoms with van der Waals surface area (Å²) >= 11 is 0. The molecule has 0 aliphatic carbocycles. The summed E-state index contributed by atoms with van der Waals surface area (Å²) in [6.07, 6.45) is 82.1. The highest BCUT2D eigenvalue weighted by Gasteiger charge is 2.28. The molecule has 0 aliphatic heterocycles. The summed E-state index contributed by atoms with van der Waals surface area (Å²) in [5.41, 5.74) is 0. The van der Waals surface area contributed by atoms with Gasteiger partial charge in [-0.15, -0.1) is 0 Å². The van der Waals surface area contributed by atoms with E-state index in [1.807, 2.05) is 12.2 Å². The molecule has 82 heavy (non-hydrogen) atoms. The van der Waals surface area contributed by atoms with Crippen molar-refractivity contribution in [2.45, 2.75) is 238 Å². The molecular weight excluding hydrogens is 1050 g/mol. The van der Waals surface area contributed by atoms with Crippen molar-refractivity contribution >= 4 is 25.7 Å². The predicted molar refractivity (Wildman–Crippen MR) is 343 cm³/mol. The van der Waals surface area contributed by atoms with E-state index in [0.29, 0.717) is 25.7 Å². The molecule has 3 unspecified atom stereocenters. The molecule has 0 amide bonds. The molecule has 0 aromatic carbocycles. The van der Waals surface area contributed by atoms with E-state index >= 15 is 0 Å². The predicted octanol–water partition coefficient (Wildman–Crippen LogP) is 19.3. The van der Waals surface area contributed by atoms with Crippen molar-refractivity contribution in [3.63, 3.8) is 0 Å². The van der Waals surface area contributed by atoms with Gasteiger partial charge in [-0.1, -0.05) is 237 Å². The first-order valence-electron chi connectivity index (χ1n) is 31.4. The van der Waals surface area contributed by atoms with Gasteiger partial charge in [-0.3, -0.25) is 23.4 Å². The highest BCUT2D eigenvalue weighted by atomic mass is 31.2. The molecule has 2 N–H and O–H groups in total. The molecule has 0 heterocycles. The number of rotatable bonds is 56. The molecule has 0 aromatic rings. The van der Waals surface area contributed by atoms with Crippen molar-refractivity contribution in [2.24, 2.45) is 0 Å². The monoisotopic (exact) mass is 1160 g/mol. The minimum atomic E-state index is -4.79. The van der Waals surface area contributed by atoms with Crippen LogP contribution in [-0.2, 0) is 42.2 Å². The van der Waals surface area contributed by atoms with Crippen LogP contribution in [0.5, 0.6) is 0 Å². The molecule has 0 saturated carbocycles. The number of aliphatic hydroxyl groups is 1. The minimum absolute atomic E-state index is 0.0302. The zero-order valence-electron chi connectivity index (χ0n) is 51.1. The zero-order valence-corrected chi connectivity index (χ0v) is 52.0. The van der Waals surface area contributed by atoms with E-state index < -0.39 is 57.8 Å². The lowest BCUT2D eigenvalue weighted by Gasteiger charge is -2.21. The molecule has 11 nitrogen and oxygen atoms in total. The lowest BCUT2D eigenvalue weighted by Crippen LogP contribution is -2.30. The second-order valence-corrected chi connectivity index (χ2v) is 21.5. The van der Waals surface area contributed by atoms with Gasteiger partial charge in [0, 0.05) is 19.3 Å². The van der Waals surface area contributed by atoms with Crippen molar-refractivity contribution in [3.8, 4) is 0 Å². The lowest BCUT2D eigenvalue weighted by atomic mass is 10.1. The Morgan fingerprint density at radius 3 is 0.988 bits per heavy atom. The first-order chi connectivity index (χ1) is 40.2. The van der Waals surface area contributed by atoms with E-state index in [9.17, 15) is 28.9 Å². The van der Waals surface area contributed by atoms with Gasteiger partial charge in [-0.05, 0) is 128 Å². The Balaban J connectivity index is 4.85. The summed E-state index contributed by atoms with van der Waals surface area (Å²) < 4.78 is 39.6. The van der Waals surface area contributed by atoms with Crippen LogP contribution in [0.4, 0.5) is 0 Å². The minimum Gasteiger partial charge on any atom is -0.462 e. The number of ether oxygens (including phenoxy) is 3. The molecule has 3 atom stereocenters. The van der Waals surface area contributed by atoms with Gasteiger partial charge < -0.3 is 24.2 Å². The van der Waals surface area contributed by atoms with Gasteiger partial charge in [-0.25, -0.2) is 4.57 Å². The highest BCUT2D eigenvalue weighted by molar-refractivity contribution is 7.47. The Morgan fingerprint density at radius 1 is 0.341 bits per heavy atom. The Hall–Kier alpha value is -4.90. The van der Waals surface area contributed by atoms with Gasteiger partial charge in [0.05, 0.1) is 19.8 Å². The first-order valence-corrected chi connectivity index (χ1v) is 32.9. The summed E-state index contributed by atoms with van der Waals surface area (Å²) in [7, 11) is -4.79. The third-order valence-electron chi connectivity index (χ3n) is 12.4. The molecule has 12 heteroatoms. The number of unbranched alkanes of at least 4 members (excludes halogenated alkanes) is 13. The maximum Gasteiger partial charge on any atom is 0.472 e. The van der Waals surface area contributed by atoms with Crippen LogP contribution < -0.4 is 0 Å². The molecule has 0 saturated heterocycles. The molecular formula is C70H111O11P. The summed E-state index contributed by atoms with van der Waals surface area (Å²) in [4.78, 5) is 48.7. The molecule has 0 bridgehead atoms. The number of aliphatic hydroxyl groups excluding tert-OH is 1. The number of esters is 3. The molecule has 0 fully saturated rings. The first kappa shape index (κ1) is 77.1. The molecule has 0 rings (SSSR count). The van der Waals surface area contributed by atoms with Gasteiger partial charge in [0.15, 0.2) is 6.10 Å². The number of carbonyl (C=O) groups is 3. The SMILES string of the molecule is CC/C=C\C/C=C\C/C=C\C/C=C\C/C=C\C/C=C\CCC(=O)OC(COC(=O)CCCCCCCCC/C=C\C/C=C\C/C=C\CC)COP(=O)(O)OCC(CO)OC(=O)CCCCCCCC/C=C\C/C=C\C/C=C\C/C=C\CC. The second kappa shape index (κ2) is 62.2. The standard InChI is InChI=1S/C70H111O11P/c1-4-7-10-13-16-19-22-25-28-31-33-36-39-42-45-48-51-54-57-60-69(73)80-66(62-71)64-78-82(75,76)79-65-67(63-77-68(72)59-56-53-50-47-44-41-38-35-30-27-24-21-18-15-12-9-6-3)81-70(74)61-58-55-52-49-46-43-40-37-34-32-29-26-23-20-17-14-11-8-5-2/h7-12,16-21,25-30,33-34,36-37,43,46,52,55,66-67,71H,4-6,13-15,22-24,31-32,35,38-42,44-45,47-51,53-54,56-65H2,1-3H3,(H,75,76)/b10-7-,11-8-,12-9-,19-16-,20-17-,21-18-,28-25-,29-26-,30-27-,36-33-,37-34-,46-43-,55-52-. The van der Waals surface area contributed by atoms with Crippen LogP contribution in [0.25, 0.3) is 0 Å². The number of allylic oxidation sites excluding steroid dienone is 26. The van der Waals surface area contributed by atoms with Gasteiger partial charge >= 0.3 is 25.7 Å². The molecule has 0 spiro atoms. The fourth-order valence-corrected chi connectivity index (χ4v) is 8.58. The van der Waals surface area contributed by atoms with Crippen LogP contribution in [0.1, 0.15) is 226 Å². The third kappa shape index (κ3) is 59.7. The quantitative estimate of drug-likeness (QED) is 0.0197. The van der Waals surface area contributed by atoms with E-state index in [0.717, 1.165) is 154 Å². The lowest BCUT2D eigenvalue weighted by molar-refractivity contribution is -0.161. The van der Waals surface area contributed by atoms with Crippen LogP contribution in [-0.4, -0.2) is 66.5 Å². The average molecular weight is 1160 g/mol. The number of carbonyl (C=O) groups excluding carboxylic acids is 3. The Morgan fingerprint density at radius 2 is 0.622 bits per heavy atom. The smallest absolute Gasteiger partial charge is 0.462 e. The van der Waals surface area contributed by atoms with Crippen molar-refractivity contribution in [2.75, 3.05) is 26.4 Å². The van der Waals surface area contributed by atoms with E-state index in [4.69, 9.17) is 23.3 Å². The van der Waals surface area contributed by atoms with Crippen molar-refractivity contribution in [3.05, 3.63) is 158 Å². The third-order valence-corrected chi connectivity index (χ3v) is 13.4. The molecule has 0 radical (unpaired) electrons. The number of hydrogen-bond acceptors (Lipinski definition) is 10. The van der Waals surface area contributed by atoms with Crippen molar-refractivity contribution in [1.82, 2.24) is 0 Å². The second-order valence-electron chi connectivity index (χ2n) is 20.1. The Bertz CT molecular complexity index is 1980. The largest absolute Gasteiger partial charge is 0.472 e.